The molecule has 0 aromatic carbocycles. The van der Waals surface area contributed by atoms with Gasteiger partial charge in [-0.2, -0.15) is 0 Å². The number of halogens is 1. The highest BCUT2D eigenvalue weighted by Crippen LogP contribution is 2.11. The predicted octanol–water partition coefficient (Wildman–Crippen LogP) is 4.63. The van der Waals surface area contributed by atoms with Crippen molar-refractivity contribution in [3.05, 3.63) is 0 Å². The van der Waals surface area contributed by atoms with E-state index in [4.69, 9.17) is 5.11 Å². The summed E-state index contributed by atoms with van der Waals surface area (Å²) in [5.41, 5.74) is 0. The first-order valence-electron chi connectivity index (χ1n) is 7.05. The summed E-state index contributed by atoms with van der Waals surface area (Å²) in [5.74, 6) is 0. The highest BCUT2D eigenvalue weighted by Gasteiger charge is 2.01. The summed E-state index contributed by atoms with van der Waals surface area (Å²) in [7, 11) is 0. The standard InChI is InChI=1S/C14H29FO/c1-2-3-4-5-6-7-8-9-10-11-12-14(16)13-15/h14,16H,2-13H2,1H3. The van der Waals surface area contributed by atoms with E-state index in [1.807, 2.05) is 0 Å². The number of aliphatic hydroxyl groups excluding tert-OH is 1. The minimum absolute atomic E-state index is 0.586. The molecule has 0 aliphatic rings. The minimum Gasteiger partial charge on any atom is -0.390 e. The van der Waals surface area contributed by atoms with Crippen LogP contribution in [-0.4, -0.2) is 17.9 Å². The molecule has 0 bridgehead atoms. The van der Waals surface area contributed by atoms with E-state index in [-0.39, 0.29) is 0 Å². The third-order valence-corrected chi connectivity index (χ3v) is 3.07. The van der Waals surface area contributed by atoms with E-state index in [0.29, 0.717) is 6.42 Å². The Morgan fingerprint density at radius 3 is 1.69 bits per heavy atom. The molecule has 0 aliphatic carbocycles. The molecule has 0 fully saturated rings. The summed E-state index contributed by atoms with van der Waals surface area (Å²) in [6, 6.07) is 0. The van der Waals surface area contributed by atoms with Crippen molar-refractivity contribution in [2.24, 2.45) is 0 Å². The Morgan fingerprint density at radius 2 is 1.25 bits per heavy atom. The SMILES string of the molecule is CCCCCCCCCCCCC(O)CF. The van der Waals surface area contributed by atoms with Crippen molar-refractivity contribution in [1.82, 2.24) is 0 Å². The van der Waals surface area contributed by atoms with Crippen molar-refractivity contribution in [1.29, 1.82) is 0 Å². The molecule has 1 N–H and O–H groups in total. The van der Waals surface area contributed by atoms with Crippen LogP contribution in [0.5, 0.6) is 0 Å². The largest absolute Gasteiger partial charge is 0.390 e. The molecule has 0 amide bonds. The molecule has 1 unspecified atom stereocenters. The zero-order chi connectivity index (χ0) is 12.1. The summed E-state index contributed by atoms with van der Waals surface area (Å²) >= 11 is 0. The molecular weight excluding hydrogens is 203 g/mol. The van der Waals surface area contributed by atoms with Gasteiger partial charge in [0.25, 0.3) is 0 Å². The quantitative estimate of drug-likeness (QED) is 0.486. The Hall–Kier alpha value is -0.110. The Bertz CT molecular complexity index is 128. The molecule has 0 saturated heterocycles. The molecule has 0 saturated carbocycles. The molecule has 0 aromatic heterocycles. The van der Waals surface area contributed by atoms with Gasteiger partial charge >= 0.3 is 0 Å². The molecular formula is C14H29FO. The summed E-state index contributed by atoms with van der Waals surface area (Å²) in [5, 5.41) is 9.01. The fraction of sp³-hybridized carbons (Fsp3) is 1.00. The Morgan fingerprint density at radius 1 is 0.812 bits per heavy atom. The van der Waals surface area contributed by atoms with Crippen LogP contribution in [0.25, 0.3) is 0 Å². The Labute approximate surface area is 100 Å². The molecule has 16 heavy (non-hydrogen) atoms. The molecule has 2 heteroatoms. The fourth-order valence-electron chi connectivity index (χ4n) is 1.94. The molecule has 0 heterocycles. The van der Waals surface area contributed by atoms with E-state index < -0.39 is 12.8 Å². The van der Waals surface area contributed by atoms with Gasteiger partial charge in [-0.15, -0.1) is 0 Å². The van der Waals surface area contributed by atoms with Crippen LogP contribution in [0, 0.1) is 0 Å². The van der Waals surface area contributed by atoms with Gasteiger partial charge in [0.15, 0.2) is 0 Å². The molecule has 0 radical (unpaired) electrons. The van der Waals surface area contributed by atoms with Crippen molar-refractivity contribution in [2.75, 3.05) is 6.67 Å². The number of hydrogen-bond donors (Lipinski definition) is 1. The second kappa shape index (κ2) is 13.0. The van der Waals surface area contributed by atoms with E-state index in [0.717, 1.165) is 12.8 Å². The highest BCUT2D eigenvalue weighted by molar-refractivity contribution is 4.54. The zero-order valence-corrected chi connectivity index (χ0v) is 10.9. The van der Waals surface area contributed by atoms with Gasteiger partial charge in [-0.25, -0.2) is 4.39 Å². The maximum atomic E-state index is 11.9. The lowest BCUT2D eigenvalue weighted by Crippen LogP contribution is -2.07. The van der Waals surface area contributed by atoms with Gasteiger partial charge in [0.05, 0.1) is 6.10 Å². The van der Waals surface area contributed by atoms with Gasteiger partial charge in [0.1, 0.15) is 6.67 Å². The van der Waals surface area contributed by atoms with Gasteiger partial charge < -0.3 is 5.11 Å². The number of hydrogen-bond acceptors (Lipinski definition) is 1. The van der Waals surface area contributed by atoms with Crippen LogP contribution in [0.4, 0.5) is 4.39 Å². The van der Waals surface area contributed by atoms with Crippen LogP contribution < -0.4 is 0 Å². The first-order valence-corrected chi connectivity index (χ1v) is 7.05. The normalized spacial score (nSPS) is 12.9. The van der Waals surface area contributed by atoms with Crippen molar-refractivity contribution < 1.29 is 9.50 Å². The van der Waals surface area contributed by atoms with Gasteiger partial charge in [-0.05, 0) is 6.42 Å². The molecule has 1 atom stereocenters. The van der Waals surface area contributed by atoms with E-state index in [2.05, 4.69) is 6.92 Å². The van der Waals surface area contributed by atoms with E-state index in [1.54, 1.807) is 0 Å². The van der Waals surface area contributed by atoms with E-state index >= 15 is 0 Å². The number of alkyl halides is 1. The smallest absolute Gasteiger partial charge is 0.115 e. The fourth-order valence-corrected chi connectivity index (χ4v) is 1.94. The lowest BCUT2D eigenvalue weighted by molar-refractivity contribution is 0.128. The number of rotatable bonds is 12. The van der Waals surface area contributed by atoms with Crippen molar-refractivity contribution in [3.8, 4) is 0 Å². The Kier molecular flexibility index (Phi) is 12.9. The van der Waals surface area contributed by atoms with Gasteiger partial charge in [-0.3, -0.25) is 0 Å². The lowest BCUT2D eigenvalue weighted by atomic mass is 10.0. The number of aliphatic hydroxyl groups is 1. The van der Waals surface area contributed by atoms with Crippen LogP contribution in [0.3, 0.4) is 0 Å². The van der Waals surface area contributed by atoms with Crippen LogP contribution in [0.2, 0.25) is 0 Å². The summed E-state index contributed by atoms with van der Waals surface area (Å²) in [6.07, 6.45) is 12.8. The second-order valence-corrected chi connectivity index (χ2v) is 4.78. The molecule has 0 aliphatic heterocycles. The molecule has 0 spiro atoms. The summed E-state index contributed by atoms with van der Waals surface area (Å²) in [6.45, 7) is 1.66. The van der Waals surface area contributed by atoms with Gasteiger partial charge in [0, 0.05) is 0 Å². The minimum atomic E-state index is -0.714. The van der Waals surface area contributed by atoms with Crippen molar-refractivity contribution in [3.63, 3.8) is 0 Å². The second-order valence-electron chi connectivity index (χ2n) is 4.78. The first kappa shape index (κ1) is 15.9. The molecule has 0 aromatic rings. The molecule has 98 valence electrons. The summed E-state index contributed by atoms with van der Waals surface area (Å²) in [4.78, 5) is 0. The molecule has 0 rings (SSSR count). The molecule has 1 nitrogen and oxygen atoms in total. The van der Waals surface area contributed by atoms with Gasteiger partial charge in [0.2, 0.25) is 0 Å². The topological polar surface area (TPSA) is 20.2 Å². The summed E-state index contributed by atoms with van der Waals surface area (Å²) < 4.78 is 11.9. The third kappa shape index (κ3) is 12.0. The average Bonchev–Trinajstić information content (AvgIpc) is 2.31. The van der Waals surface area contributed by atoms with Crippen LogP contribution >= 0.6 is 0 Å². The average molecular weight is 232 g/mol. The van der Waals surface area contributed by atoms with Crippen LogP contribution in [0.1, 0.15) is 77.6 Å². The van der Waals surface area contributed by atoms with Crippen LogP contribution in [0.15, 0.2) is 0 Å². The van der Waals surface area contributed by atoms with E-state index in [1.165, 1.54) is 51.4 Å². The van der Waals surface area contributed by atoms with Crippen LogP contribution in [-0.2, 0) is 0 Å². The maximum Gasteiger partial charge on any atom is 0.115 e. The highest BCUT2D eigenvalue weighted by atomic mass is 19.1. The van der Waals surface area contributed by atoms with Gasteiger partial charge in [-0.1, -0.05) is 71.1 Å². The monoisotopic (exact) mass is 232 g/mol. The van der Waals surface area contributed by atoms with Crippen molar-refractivity contribution in [2.45, 2.75) is 83.7 Å². The number of unbranched alkanes of at least 4 members (excludes halogenated alkanes) is 9. The first-order chi connectivity index (χ1) is 7.81. The Balaban J connectivity index is 2.93. The third-order valence-electron chi connectivity index (χ3n) is 3.07. The zero-order valence-electron chi connectivity index (χ0n) is 10.9. The lowest BCUT2D eigenvalue weighted by Gasteiger charge is -2.05. The maximum absolute atomic E-state index is 11.9. The van der Waals surface area contributed by atoms with E-state index in [9.17, 15) is 4.39 Å². The predicted molar refractivity (Wildman–Crippen MR) is 68.4 cm³/mol. The van der Waals surface area contributed by atoms with Crippen molar-refractivity contribution >= 4 is 0 Å².